The van der Waals surface area contributed by atoms with Crippen LogP contribution in [0.15, 0.2) is 0 Å². The summed E-state index contributed by atoms with van der Waals surface area (Å²) in [7, 11) is 0. The first-order chi connectivity index (χ1) is 7.60. The molecule has 0 aromatic carbocycles. The van der Waals surface area contributed by atoms with E-state index in [0.29, 0.717) is 5.54 Å². The van der Waals surface area contributed by atoms with Crippen molar-refractivity contribution in [1.29, 1.82) is 0 Å². The standard InChI is InChI=1S/C14H28N2/c1-12(2)10-13-11-16(9-8-15-13)14(3)6-4-5-7-14/h12-13,15H,4-11H2,1-3H3. The van der Waals surface area contributed by atoms with E-state index in [2.05, 4.69) is 31.0 Å². The largest absolute Gasteiger partial charge is 0.311 e. The fourth-order valence-corrected chi connectivity index (χ4v) is 3.50. The van der Waals surface area contributed by atoms with Crippen molar-refractivity contribution in [3.63, 3.8) is 0 Å². The summed E-state index contributed by atoms with van der Waals surface area (Å²) >= 11 is 0. The number of nitrogens with one attached hydrogen (secondary N) is 1. The van der Waals surface area contributed by atoms with Gasteiger partial charge in [-0.2, -0.15) is 0 Å². The summed E-state index contributed by atoms with van der Waals surface area (Å²) in [5, 5.41) is 3.68. The van der Waals surface area contributed by atoms with Gasteiger partial charge in [-0.05, 0) is 32.1 Å². The van der Waals surface area contributed by atoms with Crippen LogP contribution >= 0.6 is 0 Å². The molecule has 1 atom stereocenters. The summed E-state index contributed by atoms with van der Waals surface area (Å²) in [4.78, 5) is 2.77. The molecule has 2 nitrogen and oxygen atoms in total. The predicted molar refractivity (Wildman–Crippen MR) is 69.7 cm³/mol. The molecule has 1 aliphatic carbocycles. The predicted octanol–water partition coefficient (Wildman–Crippen LogP) is 2.64. The fraction of sp³-hybridized carbons (Fsp3) is 1.00. The second kappa shape index (κ2) is 5.05. The maximum absolute atomic E-state index is 3.68. The summed E-state index contributed by atoms with van der Waals surface area (Å²) in [6.07, 6.45) is 7.04. The van der Waals surface area contributed by atoms with Gasteiger partial charge in [-0.3, -0.25) is 4.90 Å². The number of hydrogen-bond donors (Lipinski definition) is 1. The van der Waals surface area contributed by atoms with Crippen LogP contribution in [0.4, 0.5) is 0 Å². The molecule has 0 amide bonds. The Balaban J connectivity index is 1.90. The molecule has 0 bridgehead atoms. The van der Waals surface area contributed by atoms with Gasteiger partial charge < -0.3 is 5.32 Å². The third-order valence-corrected chi connectivity index (χ3v) is 4.46. The van der Waals surface area contributed by atoms with Gasteiger partial charge in [-0.15, -0.1) is 0 Å². The SMILES string of the molecule is CC(C)CC1CN(C2(C)CCCC2)CCN1. The average molecular weight is 224 g/mol. The average Bonchev–Trinajstić information content (AvgIpc) is 2.66. The van der Waals surface area contributed by atoms with Gasteiger partial charge in [0.15, 0.2) is 0 Å². The van der Waals surface area contributed by atoms with Gasteiger partial charge in [0.05, 0.1) is 0 Å². The molecule has 2 fully saturated rings. The Bertz CT molecular complexity index is 219. The Morgan fingerprint density at radius 2 is 2.00 bits per heavy atom. The van der Waals surface area contributed by atoms with E-state index in [-0.39, 0.29) is 0 Å². The minimum Gasteiger partial charge on any atom is -0.311 e. The molecule has 1 saturated heterocycles. The van der Waals surface area contributed by atoms with Gasteiger partial charge in [0.25, 0.3) is 0 Å². The van der Waals surface area contributed by atoms with Gasteiger partial charge in [-0.1, -0.05) is 26.7 Å². The van der Waals surface area contributed by atoms with Crippen molar-refractivity contribution in [2.24, 2.45) is 5.92 Å². The normalized spacial score (nSPS) is 31.1. The molecule has 2 aliphatic rings. The van der Waals surface area contributed by atoms with Gasteiger partial charge in [0.2, 0.25) is 0 Å². The van der Waals surface area contributed by atoms with E-state index in [4.69, 9.17) is 0 Å². The Morgan fingerprint density at radius 3 is 2.62 bits per heavy atom. The summed E-state index contributed by atoms with van der Waals surface area (Å²) in [5.41, 5.74) is 0.525. The Hall–Kier alpha value is -0.0800. The van der Waals surface area contributed by atoms with Crippen molar-refractivity contribution in [3.8, 4) is 0 Å². The molecule has 1 unspecified atom stereocenters. The zero-order valence-electron chi connectivity index (χ0n) is 11.3. The quantitative estimate of drug-likeness (QED) is 0.793. The summed E-state index contributed by atoms with van der Waals surface area (Å²) in [6, 6.07) is 0.728. The maximum Gasteiger partial charge on any atom is 0.0198 e. The molecular formula is C14H28N2. The van der Waals surface area contributed by atoms with Crippen molar-refractivity contribution >= 4 is 0 Å². The second-order valence-corrected chi connectivity index (χ2v) is 6.43. The lowest BCUT2D eigenvalue weighted by Crippen LogP contribution is -2.58. The van der Waals surface area contributed by atoms with E-state index in [9.17, 15) is 0 Å². The van der Waals surface area contributed by atoms with Crippen LogP contribution < -0.4 is 5.32 Å². The molecule has 0 spiro atoms. The molecule has 94 valence electrons. The van der Waals surface area contributed by atoms with Crippen LogP contribution in [0.25, 0.3) is 0 Å². The van der Waals surface area contributed by atoms with E-state index >= 15 is 0 Å². The van der Waals surface area contributed by atoms with Crippen molar-refractivity contribution in [2.75, 3.05) is 19.6 Å². The number of nitrogens with zero attached hydrogens (tertiary/aromatic N) is 1. The summed E-state index contributed by atoms with van der Waals surface area (Å²) < 4.78 is 0. The fourth-order valence-electron chi connectivity index (χ4n) is 3.50. The van der Waals surface area contributed by atoms with Crippen LogP contribution in [-0.2, 0) is 0 Å². The zero-order valence-corrected chi connectivity index (χ0v) is 11.3. The maximum atomic E-state index is 3.68. The van der Waals surface area contributed by atoms with Crippen LogP contribution in [0.2, 0.25) is 0 Å². The van der Waals surface area contributed by atoms with Crippen LogP contribution in [0.3, 0.4) is 0 Å². The van der Waals surface area contributed by atoms with E-state index in [1.54, 1.807) is 0 Å². The van der Waals surface area contributed by atoms with Gasteiger partial charge >= 0.3 is 0 Å². The molecule has 1 heterocycles. The Labute approximate surface area is 101 Å². The summed E-state index contributed by atoms with van der Waals surface area (Å²) in [5.74, 6) is 0.814. The van der Waals surface area contributed by atoms with E-state index in [1.165, 1.54) is 51.7 Å². The highest BCUT2D eigenvalue weighted by Gasteiger charge is 2.37. The highest BCUT2D eigenvalue weighted by Crippen LogP contribution is 2.35. The van der Waals surface area contributed by atoms with E-state index < -0.39 is 0 Å². The molecule has 1 N–H and O–H groups in total. The lowest BCUT2D eigenvalue weighted by atomic mass is 9.94. The van der Waals surface area contributed by atoms with Crippen molar-refractivity contribution in [2.45, 2.75) is 64.5 Å². The van der Waals surface area contributed by atoms with Gasteiger partial charge in [-0.25, -0.2) is 0 Å². The number of hydrogen-bond acceptors (Lipinski definition) is 2. The first kappa shape index (κ1) is 12.4. The highest BCUT2D eigenvalue weighted by molar-refractivity contribution is 4.94. The monoisotopic (exact) mass is 224 g/mol. The smallest absolute Gasteiger partial charge is 0.0198 e. The molecule has 0 radical (unpaired) electrons. The zero-order chi connectivity index (χ0) is 11.6. The molecule has 0 aromatic rings. The first-order valence-electron chi connectivity index (χ1n) is 7.08. The van der Waals surface area contributed by atoms with Crippen LogP contribution in [0, 0.1) is 5.92 Å². The molecule has 0 aromatic heterocycles. The Morgan fingerprint density at radius 1 is 1.31 bits per heavy atom. The minimum atomic E-state index is 0.525. The molecule has 1 saturated carbocycles. The van der Waals surface area contributed by atoms with Crippen LogP contribution in [0.5, 0.6) is 0 Å². The highest BCUT2D eigenvalue weighted by atomic mass is 15.3. The lowest BCUT2D eigenvalue weighted by Gasteiger charge is -2.44. The molecule has 1 aliphatic heterocycles. The van der Waals surface area contributed by atoms with Crippen molar-refractivity contribution < 1.29 is 0 Å². The molecule has 16 heavy (non-hydrogen) atoms. The topological polar surface area (TPSA) is 15.3 Å². The van der Waals surface area contributed by atoms with E-state index in [1.807, 2.05) is 0 Å². The first-order valence-corrected chi connectivity index (χ1v) is 7.08. The van der Waals surface area contributed by atoms with Crippen molar-refractivity contribution in [1.82, 2.24) is 10.2 Å². The third-order valence-electron chi connectivity index (χ3n) is 4.46. The second-order valence-electron chi connectivity index (χ2n) is 6.43. The number of rotatable bonds is 3. The molecule has 2 heteroatoms. The molecular weight excluding hydrogens is 196 g/mol. The molecule has 2 rings (SSSR count). The third kappa shape index (κ3) is 2.78. The van der Waals surface area contributed by atoms with Crippen LogP contribution in [0.1, 0.15) is 52.9 Å². The van der Waals surface area contributed by atoms with Crippen LogP contribution in [-0.4, -0.2) is 36.1 Å². The van der Waals surface area contributed by atoms with Gasteiger partial charge in [0.1, 0.15) is 0 Å². The lowest BCUT2D eigenvalue weighted by molar-refractivity contribution is 0.0689. The van der Waals surface area contributed by atoms with Crippen molar-refractivity contribution in [3.05, 3.63) is 0 Å². The Kier molecular flexibility index (Phi) is 3.91. The van der Waals surface area contributed by atoms with E-state index in [0.717, 1.165) is 12.0 Å². The van der Waals surface area contributed by atoms with Gasteiger partial charge in [0, 0.05) is 31.2 Å². The minimum absolute atomic E-state index is 0.525. The summed E-state index contributed by atoms with van der Waals surface area (Å²) in [6.45, 7) is 10.9. The number of piperazine rings is 1.